The smallest absolute Gasteiger partial charge is 0.426 e. The van der Waals surface area contributed by atoms with Crippen molar-refractivity contribution in [2.45, 2.75) is 63.8 Å². The van der Waals surface area contributed by atoms with Crippen LogP contribution in [0.15, 0.2) is 40.8 Å². The van der Waals surface area contributed by atoms with Crippen molar-refractivity contribution in [1.82, 2.24) is 20.5 Å². The Morgan fingerprint density at radius 2 is 1.70 bits per heavy atom. The van der Waals surface area contributed by atoms with E-state index in [1.165, 1.54) is 40.0 Å². The lowest BCUT2D eigenvalue weighted by atomic mass is 9.96. The molecule has 0 saturated carbocycles. The molecule has 0 saturated heterocycles. The molecular formula is C29H34F6N6O6. The molecule has 2 aromatic heterocycles. The number of hydrogen-bond acceptors (Lipinski definition) is 10. The number of alkyl halides is 6. The predicted molar refractivity (Wildman–Crippen MR) is 155 cm³/mol. The fourth-order valence-electron chi connectivity index (χ4n) is 4.19. The molecule has 1 amide bonds. The largest absolute Gasteiger partial charge is 0.481 e. The van der Waals surface area contributed by atoms with Crippen molar-refractivity contribution < 1.29 is 54.9 Å². The topological polar surface area (TPSA) is 152 Å². The monoisotopic (exact) mass is 676 g/mol. The number of ether oxygens (including phenoxy) is 2. The van der Waals surface area contributed by atoms with Gasteiger partial charge in [0.1, 0.15) is 17.0 Å². The molecule has 3 aromatic rings. The molecule has 1 atom stereocenters. The lowest BCUT2D eigenvalue weighted by molar-refractivity contribution is -0.299. The summed E-state index contributed by atoms with van der Waals surface area (Å²) in [7, 11) is 2.87. The van der Waals surface area contributed by atoms with Crippen molar-refractivity contribution in [1.29, 1.82) is 0 Å². The van der Waals surface area contributed by atoms with Crippen LogP contribution in [-0.4, -0.2) is 71.3 Å². The maximum Gasteiger partial charge on any atom is 0.426 e. The molecule has 0 aliphatic heterocycles. The van der Waals surface area contributed by atoms with Gasteiger partial charge >= 0.3 is 24.4 Å². The number of benzene rings is 1. The Labute approximate surface area is 265 Å². The van der Waals surface area contributed by atoms with Crippen LogP contribution in [0, 0.1) is 0 Å². The van der Waals surface area contributed by atoms with E-state index in [4.69, 9.17) is 13.9 Å². The lowest BCUT2D eigenvalue weighted by Crippen LogP contribution is -2.45. The maximum atomic E-state index is 14.8. The molecule has 1 unspecified atom stereocenters. The first-order valence-electron chi connectivity index (χ1n) is 14.1. The minimum absolute atomic E-state index is 0.0135. The molecule has 0 aliphatic rings. The van der Waals surface area contributed by atoms with E-state index in [-0.39, 0.29) is 13.1 Å². The number of carboxylic acid groups (broad SMARTS) is 1. The van der Waals surface area contributed by atoms with Crippen LogP contribution >= 0.6 is 0 Å². The molecule has 0 fully saturated rings. The first-order valence-corrected chi connectivity index (χ1v) is 14.1. The number of nitrogens with one attached hydrogen (secondary N) is 2. The highest BCUT2D eigenvalue weighted by molar-refractivity contribution is 5.90. The van der Waals surface area contributed by atoms with Gasteiger partial charge in [0.15, 0.2) is 5.69 Å². The number of pyridine rings is 1. The van der Waals surface area contributed by atoms with E-state index in [1.807, 2.05) is 0 Å². The minimum atomic E-state index is -5.31. The van der Waals surface area contributed by atoms with Crippen LogP contribution in [-0.2, 0) is 32.7 Å². The van der Waals surface area contributed by atoms with Gasteiger partial charge in [0.05, 0.1) is 12.3 Å². The zero-order chi connectivity index (χ0) is 35.2. The molecule has 3 N–H and O–H groups in total. The number of aliphatic carboxylic acids is 1. The third-order valence-electron chi connectivity index (χ3n) is 6.45. The fourth-order valence-corrected chi connectivity index (χ4v) is 4.19. The van der Waals surface area contributed by atoms with E-state index in [0.29, 0.717) is 11.6 Å². The van der Waals surface area contributed by atoms with E-state index in [0.717, 1.165) is 4.90 Å². The minimum Gasteiger partial charge on any atom is -0.481 e. The van der Waals surface area contributed by atoms with Crippen molar-refractivity contribution in [2.75, 3.05) is 37.4 Å². The molecule has 2 heterocycles. The second-order valence-corrected chi connectivity index (χ2v) is 11.3. The van der Waals surface area contributed by atoms with Gasteiger partial charge in [-0.2, -0.15) is 26.3 Å². The standard InChI is InChI=1S/C29H34F6N6O6/c1-26(2,3)47-25(44)37-19-15-18(28(30,31)32)22(41(5)14-13-36-4)38-21(19)23-39-40-24(46-23)27(29(33,34)35,12-11-20(42)43)45-16-17-9-7-6-8-10-17/h6-10,15,36H,11-14,16H2,1-5H3,(H,37,44)(H,42,43). The molecule has 0 spiro atoms. The lowest BCUT2D eigenvalue weighted by Gasteiger charge is -2.32. The molecule has 258 valence electrons. The Kier molecular flexibility index (Phi) is 11.4. The van der Waals surface area contributed by atoms with Gasteiger partial charge in [-0.25, -0.2) is 9.78 Å². The summed E-state index contributed by atoms with van der Waals surface area (Å²) in [6, 6.07) is 8.20. The van der Waals surface area contributed by atoms with Crippen LogP contribution in [0.25, 0.3) is 11.6 Å². The predicted octanol–water partition coefficient (Wildman–Crippen LogP) is 5.99. The summed E-state index contributed by atoms with van der Waals surface area (Å²) in [5.74, 6) is -4.29. The number of carbonyl (C=O) groups excluding carboxylic acids is 1. The number of amides is 1. The van der Waals surface area contributed by atoms with E-state index in [1.54, 1.807) is 25.2 Å². The molecule has 0 aliphatic carbocycles. The summed E-state index contributed by atoms with van der Waals surface area (Å²) >= 11 is 0. The van der Waals surface area contributed by atoms with E-state index < -0.39 is 89.6 Å². The maximum absolute atomic E-state index is 14.8. The number of nitrogens with zero attached hydrogens (tertiary/aromatic N) is 4. The van der Waals surface area contributed by atoms with Crippen molar-refractivity contribution in [3.63, 3.8) is 0 Å². The number of hydrogen-bond donors (Lipinski definition) is 3. The van der Waals surface area contributed by atoms with Crippen molar-refractivity contribution in [2.24, 2.45) is 0 Å². The second kappa shape index (κ2) is 14.5. The molecule has 0 radical (unpaired) electrons. The molecule has 0 bridgehead atoms. The Bertz CT molecular complexity index is 1530. The van der Waals surface area contributed by atoms with Gasteiger partial charge in [-0.05, 0) is 39.4 Å². The van der Waals surface area contributed by atoms with Gasteiger partial charge in [0.25, 0.3) is 11.8 Å². The Balaban J connectivity index is 2.25. The zero-order valence-electron chi connectivity index (χ0n) is 26.0. The highest BCUT2D eigenvalue weighted by Crippen LogP contribution is 2.47. The Morgan fingerprint density at radius 1 is 1.04 bits per heavy atom. The Morgan fingerprint density at radius 3 is 2.26 bits per heavy atom. The zero-order valence-corrected chi connectivity index (χ0v) is 26.0. The van der Waals surface area contributed by atoms with Gasteiger partial charge in [-0.3, -0.25) is 10.1 Å². The first kappa shape index (κ1) is 37.0. The van der Waals surface area contributed by atoms with Crippen LogP contribution in [0.3, 0.4) is 0 Å². The third kappa shape index (κ3) is 9.54. The number of likely N-dealkylation sites (N-methyl/N-ethyl adjacent to an activating group) is 2. The fraction of sp³-hybridized carbons (Fsp3) is 0.483. The van der Waals surface area contributed by atoms with Crippen molar-refractivity contribution in [3.8, 4) is 11.6 Å². The molecule has 47 heavy (non-hydrogen) atoms. The van der Waals surface area contributed by atoms with Crippen LogP contribution in [0.4, 0.5) is 42.6 Å². The van der Waals surface area contributed by atoms with Gasteiger partial charge in [0, 0.05) is 33.0 Å². The number of carbonyl (C=O) groups is 2. The van der Waals surface area contributed by atoms with E-state index in [9.17, 15) is 41.0 Å². The molecular weight excluding hydrogens is 642 g/mol. The number of anilines is 2. The number of rotatable bonds is 13. The van der Waals surface area contributed by atoms with Crippen molar-refractivity contribution >= 4 is 23.6 Å². The summed E-state index contributed by atoms with van der Waals surface area (Å²) < 4.78 is 103. The van der Waals surface area contributed by atoms with Crippen LogP contribution in [0.1, 0.15) is 50.6 Å². The van der Waals surface area contributed by atoms with Crippen LogP contribution in [0.5, 0.6) is 0 Å². The average Bonchev–Trinajstić information content (AvgIpc) is 3.44. The molecule has 12 nitrogen and oxygen atoms in total. The summed E-state index contributed by atoms with van der Waals surface area (Å²) in [5, 5.41) is 21.3. The highest BCUT2D eigenvalue weighted by Gasteiger charge is 2.61. The summed E-state index contributed by atoms with van der Waals surface area (Å²) in [6.45, 7) is 4.09. The molecule has 18 heteroatoms. The van der Waals surface area contributed by atoms with Gasteiger partial charge in [-0.15, -0.1) is 10.2 Å². The first-order chi connectivity index (χ1) is 21.8. The second-order valence-electron chi connectivity index (χ2n) is 11.3. The average molecular weight is 677 g/mol. The molecule has 3 rings (SSSR count). The van der Waals surface area contributed by atoms with E-state index >= 15 is 0 Å². The SMILES string of the molecule is CNCCN(C)c1nc(-c2nnc(C(CCC(=O)O)(OCc3ccccc3)C(F)(F)F)o2)c(NC(=O)OC(C)(C)C)cc1C(F)(F)F. The van der Waals surface area contributed by atoms with Crippen molar-refractivity contribution in [3.05, 3.63) is 53.4 Å². The summed E-state index contributed by atoms with van der Waals surface area (Å²) in [6.07, 6.45) is -13.7. The Hall–Kier alpha value is -4.45. The highest BCUT2D eigenvalue weighted by atomic mass is 19.4. The summed E-state index contributed by atoms with van der Waals surface area (Å²) in [5.41, 5.74) is -6.81. The summed E-state index contributed by atoms with van der Waals surface area (Å²) in [4.78, 5) is 29.2. The van der Waals surface area contributed by atoms with Crippen LogP contribution < -0.4 is 15.5 Å². The number of halogens is 6. The molecule has 1 aromatic carbocycles. The van der Waals surface area contributed by atoms with Gasteiger partial charge < -0.3 is 29.2 Å². The van der Waals surface area contributed by atoms with Gasteiger partial charge in [0.2, 0.25) is 5.60 Å². The number of aromatic nitrogens is 3. The number of carboxylic acids is 1. The quantitative estimate of drug-likeness (QED) is 0.183. The van der Waals surface area contributed by atoms with Gasteiger partial charge in [-0.1, -0.05) is 30.3 Å². The third-order valence-corrected chi connectivity index (χ3v) is 6.45. The normalized spacial score (nSPS) is 13.6. The van der Waals surface area contributed by atoms with E-state index in [2.05, 4.69) is 25.8 Å². The van der Waals surface area contributed by atoms with Crippen LogP contribution in [0.2, 0.25) is 0 Å².